The zero-order valence-corrected chi connectivity index (χ0v) is 30.5. The van der Waals surface area contributed by atoms with Gasteiger partial charge in [0.2, 0.25) is 0 Å². The first-order valence-electron chi connectivity index (χ1n) is 18.6. The highest BCUT2D eigenvalue weighted by Gasteiger charge is 2.19. The summed E-state index contributed by atoms with van der Waals surface area (Å²) in [7, 11) is 0. The van der Waals surface area contributed by atoms with E-state index < -0.39 is 0 Å². The summed E-state index contributed by atoms with van der Waals surface area (Å²) in [4.78, 5) is 4.78. The molecule has 8 aromatic rings. The van der Waals surface area contributed by atoms with Crippen molar-refractivity contribution in [1.29, 1.82) is 0 Å². The Morgan fingerprint density at radius 3 is 1.42 bits per heavy atom. The molecule has 2 nitrogen and oxygen atoms in total. The standard InChI is InChI=1S/C51H44N2/c1-4-5-7-16-39-27-29-43(30-28-39)53(51-26-15-20-41-18-11-13-24-49(41)51)45-32-34-47(38(3)36-45)46-33-31-44(35-37(46)2)52(42-21-8-6-9-22-42)50-25-14-19-40-17-10-12-23-48(40)50/h4,6,8-15,17-36H,1,5,7,16H2,2-3H3. The van der Waals surface area contributed by atoms with Gasteiger partial charge < -0.3 is 9.80 Å². The fourth-order valence-corrected chi connectivity index (χ4v) is 7.68. The van der Waals surface area contributed by atoms with Crippen LogP contribution in [0.15, 0.2) is 189 Å². The van der Waals surface area contributed by atoms with Crippen LogP contribution in [0.2, 0.25) is 0 Å². The lowest BCUT2D eigenvalue weighted by molar-refractivity contribution is 0.844. The van der Waals surface area contributed by atoms with Crippen molar-refractivity contribution in [3.8, 4) is 11.1 Å². The van der Waals surface area contributed by atoms with Gasteiger partial charge in [0.05, 0.1) is 11.4 Å². The molecule has 0 bridgehead atoms. The monoisotopic (exact) mass is 684 g/mol. The van der Waals surface area contributed by atoms with Crippen molar-refractivity contribution >= 4 is 55.7 Å². The number of benzene rings is 8. The maximum atomic E-state index is 3.89. The van der Waals surface area contributed by atoms with E-state index in [0.29, 0.717) is 0 Å². The lowest BCUT2D eigenvalue weighted by atomic mass is 9.95. The number of unbranched alkanes of at least 4 members (excludes halogenated alkanes) is 1. The molecule has 0 saturated carbocycles. The number of rotatable bonds is 11. The van der Waals surface area contributed by atoms with Crippen LogP contribution in [0.5, 0.6) is 0 Å². The Labute approximate surface area is 313 Å². The maximum absolute atomic E-state index is 3.89. The average Bonchev–Trinajstić information content (AvgIpc) is 3.20. The summed E-state index contributed by atoms with van der Waals surface area (Å²) < 4.78 is 0. The molecule has 8 aromatic carbocycles. The van der Waals surface area contributed by atoms with Crippen LogP contribution in [0.3, 0.4) is 0 Å². The van der Waals surface area contributed by atoms with E-state index in [2.05, 4.69) is 206 Å². The molecular weight excluding hydrogens is 641 g/mol. The predicted molar refractivity (Wildman–Crippen MR) is 229 cm³/mol. The second-order valence-electron chi connectivity index (χ2n) is 13.8. The van der Waals surface area contributed by atoms with E-state index in [1.165, 1.54) is 60.7 Å². The third-order valence-corrected chi connectivity index (χ3v) is 10.3. The molecule has 0 aromatic heterocycles. The van der Waals surface area contributed by atoms with Crippen LogP contribution in [0.25, 0.3) is 32.7 Å². The fourth-order valence-electron chi connectivity index (χ4n) is 7.68. The normalized spacial score (nSPS) is 11.1. The van der Waals surface area contributed by atoms with Gasteiger partial charge in [0, 0.05) is 33.5 Å². The minimum atomic E-state index is 1.03. The molecule has 0 aliphatic rings. The number of para-hydroxylation sites is 1. The SMILES string of the molecule is C=CCCCc1ccc(N(c2ccc(-c3ccc(N(c4ccccc4)c4cccc5ccccc45)cc3C)c(C)c2)c2cccc3ccccc23)cc1. The first kappa shape index (κ1) is 33.7. The number of aryl methyl sites for hydroxylation is 3. The highest BCUT2D eigenvalue weighted by Crippen LogP contribution is 2.43. The Kier molecular flexibility index (Phi) is 9.60. The Morgan fingerprint density at radius 1 is 0.453 bits per heavy atom. The third-order valence-electron chi connectivity index (χ3n) is 10.3. The molecule has 0 aliphatic carbocycles. The van der Waals surface area contributed by atoms with E-state index in [-0.39, 0.29) is 0 Å². The molecule has 0 fully saturated rings. The molecule has 0 radical (unpaired) electrons. The van der Waals surface area contributed by atoms with Gasteiger partial charge in [0.15, 0.2) is 0 Å². The number of hydrogen-bond donors (Lipinski definition) is 0. The molecule has 0 aliphatic heterocycles. The number of nitrogens with zero attached hydrogens (tertiary/aromatic N) is 2. The van der Waals surface area contributed by atoms with Gasteiger partial charge in [-0.05, 0) is 132 Å². The Hall–Kier alpha value is -6.38. The zero-order chi connectivity index (χ0) is 36.1. The number of anilines is 6. The van der Waals surface area contributed by atoms with Crippen molar-refractivity contribution in [3.63, 3.8) is 0 Å². The van der Waals surface area contributed by atoms with Gasteiger partial charge in [-0.25, -0.2) is 0 Å². The molecule has 0 unspecified atom stereocenters. The topological polar surface area (TPSA) is 6.48 Å². The lowest BCUT2D eigenvalue weighted by Crippen LogP contribution is -2.11. The van der Waals surface area contributed by atoms with Crippen molar-refractivity contribution in [2.45, 2.75) is 33.1 Å². The zero-order valence-electron chi connectivity index (χ0n) is 30.5. The lowest BCUT2D eigenvalue weighted by Gasteiger charge is -2.28. The number of hydrogen-bond acceptors (Lipinski definition) is 2. The van der Waals surface area contributed by atoms with Crippen molar-refractivity contribution in [3.05, 3.63) is 205 Å². The van der Waals surface area contributed by atoms with Crippen LogP contribution >= 0.6 is 0 Å². The third kappa shape index (κ3) is 6.84. The summed E-state index contributed by atoms with van der Waals surface area (Å²) in [6.45, 7) is 8.36. The minimum absolute atomic E-state index is 1.03. The molecule has 0 saturated heterocycles. The molecular formula is C51H44N2. The van der Waals surface area contributed by atoms with E-state index in [9.17, 15) is 0 Å². The van der Waals surface area contributed by atoms with E-state index in [1.54, 1.807) is 0 Å². The van der Waals surface area contributed by atoms with Gasteiger partial charge >= 0.3 is 0 Å². The first-order chi connectivity index (χ1) is 26.1. The Balaban J connectivity index is 1.18. The molecule has 0 heterocycles. The maximum Gasteiger partial charge on any atom is 0.0540 e. The minimum Gasteiger partial charge on any atom is -0.310 e. The molecule has 0 atom stereocenters. The summed E-state index contributed by atoms with van der Waals surface area (Å²) in [6, 6.07) is 64.0. The summed E-state index contributed by atoms with van der Waals surface area (Å²) in [6.07, 6.45) is 5.21. The summed E-state index contributed by atoms with van der Waals surface area (Å²) in [5, 5.41) is 4.91. The molecule has 0 spiro atoms. The Bertz CT molecular complexity index is 2520. The van der Waals surface area contributed by atoms with Crippen LogP contribution in [-0.2, 0) is 6.42 Å². The van der Waals surface area contributed by atoms with Crippen LogP contribution in [0.4, 0.5) is 34.1 Å². The second-order valence-corrected chi connectivity index (χ2v) is 13.8. The van der Waals surface area contributed by atoms with Crippen molar-refractivity contribution in [2.75, 3.05) is 9.80 Å². The molecule has 0 amide bonds. The van der Waals surface area contributed by atoms with E-state index in [1.807, 2.05) is 6.08 Å². The molecule has 53 heavy (non-hydrogen) atoms. The fraction of sp³-hybridized carbons (Fsp3) is 0.0980. The molecule has 8 rings (SSSR count). The van der Waals surface area contributed by atoms with E-state index in [0.717, 1.165) is 42.0 Å². The first-order valence-corrected chi connectivity index (χ1v) is 18.6. The predicted octanol–water partition coefficient (Wildman–Crippen LogP) is 14.7. The van der Waals surface area contributed by atoms with Crippen LogP contribution in [-0.4, -0.2) is 0 Å². The van der Waals surface area contributed by atoms with Crippen molar-refractivity contribution < 1.29 is 0 Å². The van der Waals surface area contributed by atoms with Crippen LogP contribution in [0.1, 0.15) is 29.5 Å². The summed E-state index contributed by atoms with van der Waals surface area (Å²) >= 11 is 0. The average molecular weight is 685 g/mol. The van der Waals surface area contributed by atoms with Gasteiger partial charge in [-0.2, -0.15) is 0 Å². The Morgan fingerprint density at radius 2 is 0.906 bits per heavy atom. The van der Waals surface area contributed by atoms with Gasteiger partial charge in [0.25, 0.3) is 0 Å². The number of fused-ring (bicyclic) bond motifs is 2. The highest BCUT2D eigenvalue weighted by atomic mass is 15.1. The summed E-state index contributed by atoms with van der Waals surface area (Å²) in [5.74, 6) is 0. The van der Waals surface area contributed by atoms with Crippen molar-refractivity contribution in [1.82, 2.24) is 0 Å². The largest absolute Gasteiger partial charge is 0.310 e. The van der Waals surface area contributed by atoms with Gasteiger partial charge in [0.1, 0.15) is 0 Å². The smallest absolute Gasteiger partial charge is 0.0540 e. The molecule has 258 valence electrons. The van der Waals surface area contributed by atoms with E-state index in [4.69, 9.17) is 0 Å². The van der Waals surface area contributed by atoms with Crippen LogP contribution < -0.4 is 9.80 Å². The van der Waals surface area contributed by atoms with Crippen LogP contribution in [0, 0.1) is 13.8 Å². The highest BCUT2D eigenvalue weighted by molar-refractivity contribution is 6.00. The van der Waals surface area contributed by atoms with E-state index >= 15 is 0 Å². The quantitative estimate of drug-likeness (QED) is 0.0988. The second kappa shape index (κ2) is 15.1. The molecule has 0 N–H and O–H groups in total. The number of allylic oxidation sites excluding steroid dienone is 1. The summed E-state index contributed by atoms with van der Waals surface area (Å²) in [5.41, 5.74) is 13.2. The van der Waals surface area contributed by atoms with Gasteiger partial charge in [-0.15, -0.1) is 6.58 Å². The molecule has 2 heteroatoms. The van der Waals surface area contributed by atoms with Gasteiger partial charge in [-0.1, -0.05) is 121 Å². The van der Waals surface area contributed by atoms with Crippen molar-refractivity contribution in [2.24, 2.45) is 0 Å². The van der Waals surface area contributed by atoms with Gasteiger partial charge in [-0.3, -0.25) is 0 Å².